The van der Waals surface area contributed by atoms with E-state index in [1.165, 1.54) is 12.8 Å². The molecular weight excluding hydrogens is 302 g/mol. The number of hydrogen-bond donors (Lipinski definition) is 1. The van der Waals surface area contributed by atoms with Crippen molar-refractivity contribution >= 4 is 16.8 Å². The van der Waals surface area contributed by atoms with Gasteiger partial charge in [-0.25, -0.2) is 0 Å². The molecule has 1 aromatic heterocycles. The highest BCUT2D eigenvalue weighted by Crippen LogP contribution is 2.22. The van der Waals surface area contributed by atoms with E-state index in [0.717, 1.165) is 49.2 Å². The Morgan fingerprint density at radius 3 is 2.92 bits per heavy atom. The number of carbonyl (C=O) groups is 1. The number of aryl methyl sites for hydroxylation is 1. The molecule has 2 aliphatic rings. The zero-order chi connectivity index (χ0) is 16.5. The summed E-state index contributed by atoms with van der Waals surface area (Å²) in [6.07, 6.45) is 5.39. The highest BCUT2D eigenvalue weighted by molar-refractivity contribution is 6.06. The summed E-state index contributed by atoms with van der Waals surface area (Å²) in [4.78, 5) is 15.4. The van der Waals surface area contributed by atoms with Crippen LogP contribution in [0.2, 0.25) is 0 Å². The average Bonchev–Trinajstić information content (AvgIpc) is 3.26. The lowest BCUT2D eigenvalue weighted by atomic mass is 10.0. The normalized spacial score (nSPS) is 25.2. The molecular formula is C19H25N3O2. The zero-order valence-corrected chi connectivity index (χ0v) is 14.2. The highest BCUT2D eigenvalue weighted by atomic mass is 16.5. The van der Waals surface area contributed by atoms with E-state index in [4.69, 9.17) is 4.74 Å². The standard InChI is InChI=1S/C19H25N3O2/c1-21-11-7-14-15(5-4-6-17(14)21)19(23)20-16-8-12-24-13-18(16)22-9-2-3-10-22/h4-7,11,16,18H,2-3,8-10,12-13H2,1H3,(H,20,23). The number of aromatic nitrogens is 1. The monoisotopic (exact) mass is 327 g/mol. The fourth-order valence-electron chi connectivity index (χ4n) is 4.07. The second kappa shape index (κ2) is 6.57. The number of nitrogens with one attached hydrogen (secondary N) is 1. The van der Waals surface area contributed by atoms with Crippen molar-refractivity contribution in [3.05, 3.63) is 36.0 Å². The minimum atomic E-state index is 0.0305. The van der Waals surface area contributed by atoms with Gasteiger partial charge >= 0.3 is 0 Å². The van der Waals surface area contributed by atoms with E-state index in [-0.39, 0.29) is 11.9 Å². The van der Waals surface area contributed by atoms with E-state index in [1.807, 2.05) is 42.1 Å². The smallest absolute Gasteiger partial charge is 0.252 e. The molecule has 5 nitrogen and oxygen atoms in total. The molecule has 0 aliphatic carbocycles. The summed E-state index contributed by atoms with van der Waals surface area (Å²) in [7, 11) is 2.01. The van der Waals surface area contributed by atoms with Crippen LogP contribution >= 0.6 is 0 Å². The van der Waals surface area contributed by atoms with Crippen molar-refractivity contribution in [1.82, 2.24) is 14.8 Å². The molecule has 5 heteroatoms. The van der Waals surface area contributed by atoms with E-state index in [0.29, 0.717) is 6.04 Å². The Morgan fingerprint density at radius 2 is 2.08 bits per heavy atom. The Hall–Kier alpha value is -1.85. The first-order valence-electron chi connectivity index (χ1n) is 8.91. The first-order chi connectivity index (χ1) is 11.7. The zero-order valence-electron chi connectivity index (χ0n) is 14.2. The molecule has 3 heterocycles. The van der Waals surface area contributed by atoms with E-state index in [9.17, 15) is 4.79 Å². The van der Waals surface area contributed by atoms with Crippen LogP contribution in [-0.2, 0) is 11.8 Å². The maximum absolute atomic E-state index is 12.9. The molecule has 2 unspecified atom stereocenters. The van der Waals surface area contributed by atoms with Gasteiger partial charge in [-0.15, -0.1) is 0 Å². The first kappa shape index (κ1) is 15.7. The molecule has 2 atom stereocenters. The van der Waals surface area contributed by atoms with Crippen molar-refractivity contribution < 1.29 is 9.53 Å². The van der Waals surface area contributed by atoms with Crippen molar-refractivity contribution in [2.45, 2.75) is 31.3 Å². The Morgan fingerprint density at radius 1 is 1.25 bits per heavy atom. The van der Waals surface area contributed by atoms with Crippen LogP contribution in [0.1, 0.15) is 29.6 Å². The summed E-state index contributed by atoms with van der Waals surface area (Å²) in [5.41, 5.74) is 1.85. The number of benzene rings is 1. The summed E-state index contributed by atoms with van der Waals surface area (Å²) in [6, 6.07) is 8.42. The first-order valence-corrected chi connectivity index (χ1v) is 8.91. The van der Waals surface area contributed by atoms with Gasteiger partial charge in [0.2, 0.25) is 0 Å². The number of hydrogen-bond acceptors (Lipinski definition) is 3. The largest absolute Gasteiger partial charge is 0.380 e. The van der Waals surface area contributed by atoms with Crippen LogP contribution in [0.25, 0.3) is 10.9 Å². The topological polar surface area (TPSA) is 46.5 Å². The third-order valence-electron chi connectivity index (χ3n) is 5.42. The lowest BCUT2D eigenvalue weighted by molar-refractivity contribution is 0.00579. The third kappa shape index (κ3) is 2.82. The van der Waals surface area contributed by atoms with Gasteiger partial charge < -0.3 is 14.6 Å². The van der Waals surface area contributed by atoms with Gasteiger partial charge in [-0.2, -0.15) is 0 Å². The predicted molar refractivity (Wildman–Crippen MR) is 94.2 cm³/mol. The Labute approximate surface area is 142 Å². The molecule has 1 aromatic carbocycles. The summed E-state index contributed by atoms with van der Waals surface area (Å²) >= 11 is 0. The van der Waals surface area contributed by atoms with Crippen LogP contribution in [0.15, 0.2) is 30.5 Å². The van der Waals surface area contributed by atoms with Crippen molar-refractivity contribution in [3.63, 3.8) is 0 Å². The molecule has 0 spiro atoms. The van der Waals surface area contributed by atoms with Gasteiger partial charge in [0.25, 0.3) is 5.91 Å². The lowest BCUT2D eigenvalue weighted by Gasteiger charge is -2.38. The van der Waals surface area contributed by atoms with Crippen molar-refractivity contribution in [2.75, 3.05) is 26.3 Å². The van der Waals surface area contributed by atoms with Gasteiger partial charge in [0.15, 0.2) is 0 Å². The average molecular weight is 327 g/mol. The molecule has 2 saturated heterocycles. The van der Waals surface area contributed by atoms with E-state index in [1.54, 1.807) is 0 Å². The van der Waals surface area contributed by atoms with Gasteiger partial charge in [-0.1, -0.05) is 6.07 Å². The van der Waals surface area contributed by atoms with E-state index >= 15 is 0 Å². The second-order valence-electron chi connectivity index (χ2n) is 6.92. The van der Waals surface area contributed by atoms with Crippen molar-refractivity contribution in [3.8, 4) is 0 Å². The van der Waals surface area contributed by atoms with Crippen LogP contribution in [-0.4, -0.2) is 53.8 Å². The molecule has 0 saturated carbocycles. The van der Waals surface area contributed by atoms with E-state index in [2.05, 4.69) is 10.2 Å². The van der Waals surface area contributed by atoms with Gasteiger partial charge in [-0.3, -0.25) is 9.69 Å². The molecule has 1 amide bonds. The molecule has 2 aromatic rings. The Kier molecular flexibility index (Phi) is 4.29. The van der Waals surface area contributed by atoms with Crippen molar-refractivity contribution in [1.29, 1.82) is 0 Å². The maximum Gasteiger partial charge on any atom is 0.252 e. The van der Waals surface area contributed by atoms with E-state index < -0.39 is 0 Å². The number of likely N-dealkylation sites (tertiary alicyclic amines) is 1. The van der Waals surface area contributed by atoms with Gasteiger partial charge in [0, 0.05) is 42.4 Å². The second-order valence-corrected chi connectivity index (χ2v) is 6.92. The lowest BCUT2D eigenvalue weighted by Crippen LogP contribution is -2.55. The van der Waals surface area contributed by atoms with Crippen LogP contribution < -0.4 is 5.32 Å². The quantitative estimate of drug-likeness (QED) is 0.940. The van der Waals surface area contributed by atoms with Crippen LogP contribution in [0.3, 0.4) is 0 Å². The van der Waals surface area contributed by atoms with Crippen LogP contribution in [0.4, 0.5) is 0 Å². The summed E-state index contributed by atoms with van der Waals surface area (Å²) in [5.74, 6) is 0.0305. The fourth-order valence-corrected chi connectivity index (χ4v) is 4.07. The number of ether oxygens (including phenoxy) is 1. The van der Waals surface area contributed by atoms with Gasteiger partial charge in [0.1, 0.15) is 0 Å². The SMILES string of the molecule is Cn1ccc2c(C(=O)NC3CCOCC3N3CCCC3)cccc21. The van der Waals surface area contributed by atoms with Gasteiger partial charge in [-0.05, 0) is 50.6 Å². The van der Waals surface area contributed by atoms with Crippen LogP contribution in [0.5, 0.6) is 0 Å². The van der Waals surface area contributed by atoms with Gasteiger partial charge in [0.05, 0.1) is 12.6 Å². The molecule has 0 radical (unpaired) electrons. The molecule has 1 N–H and O–H groups in total. The van der Waals surface area contributed by atoms with Crippen LogP contribution in [0, 0.1) is 0 Å². The maximum atomic E-state index is 12.9. The molecule has 0 bridgehead atoms. The Bertz CT molecular complexity index is 733. The number of fused-ring (bicyclic) bond motifs is 1. The summed E-state index contributed by atoms with van der Waals surface area (Å²) in [6.45, 7) is 3.69. The summed E-state index contributed by atoms with van der Waals surface area (Å²) < 4.78 is 7.74. The van der Waals surface area contributed by atoms with Crippen molar-refractivity contribution in [2.24, 2.45) is 7.05 Å². The molecule has 4 rings (SSSR count). The fraction of sp³-hybridized carbons (Fsp3) is 0.526. The minimum absolute atomic E-state index is 0.0305. The Balaban J connectivity index is 1.55. The molecule has 2 aliphatic heterocycles. The predicted octanol–water partition coefficient (Wildman–Crippen LogP) is 2.16. The molecule has 128 valence electrons. The number of amides is 1. The number of rotatable bonds is 3. The minimum Gasteiger partial charge on any atom is -0.380 e. The molecule has 2 fully saturated rings. The highest BCUT2D eigenvalue weighted by Gasteiger charge is 2.33. The number of nitrogens with zero attached hydrogens (tertiary/aromatic N) is 2. The molecule has 24 heavy (non-hydrogen) atoms. The summed E-state index contributed by atoms with van der Waals surface area (Å²) in [5, 5.41) is 4.31. The third-order valence-corrected chi connectivity index (χ3v) is 5.42. The number of carbonyl (C=O) groups excluding carboxylic acids is 1.